The number of Topliss-reactive ketones (excluding diaryl/α,β-unsaturated/α-hetero) is 1. The molecule has 0 spiro atoms. The van der Waals surface area contributed by atoms with Gasteiger partial charge in [-0.05, 0) is 6.92 Å². The highest BCUT2D eigenvalue weighted by atomic mass is 28.4. The molecule has 158 valence electrons. The SMILES string of the molecule is CCC(=O)C(=N\N([Si](C)(C)C)[Si](C)(C)C)/C(C)=N/N([Si](C)(C)C)[Si](C)(C)C. The van der Waals surface area contributed by atoms with E-state index in [0.717, 1.165) is 5.71 Å². The van der Waals surface area contributed by atoms with Gasteiger partial charge in [-0.15, -0.1) is 0 Å². The molecule has 0 N–H and O–H groups in total. The van der Waals surface area contributed by atoms with E-state index in [1.54, 1.807) is 0 Å². The fourth-order valence-electron chi connectivity index (χ4n) is 3.41. The lowest BCUT2D eigenvalue weighted by Gasteiger charge is -2.43. The zero-order chi connectivity index (χ0) is 22.0. The Kier molecular flexibility index (Phi) is 8.70. The highest BCUT2D eigenvalue weighted by molar-refractivity contribution is 6.90. The van der Waals surface area contributed by atoms with Gasteiger partial charge in [-0.3, -0.25) is 4.79 Å². The van der Waals surface area contributed by atoms with Crippen molar-refractivity contribution in [1.29, 1.82) is 0 Å². The third kappa shape index (κ3) is 8.16. The lowest BCUT2D eigenvalue weighted by Crippen LogP contribution is -2.57. The second-order valence-corrected chi connectivity index (χ2v) is 31.2. The molecule has 0 aromatic carbocycles. The minimum atomic E-state index is -1.70. The molecular weight excluding hydrogens is 401 g/mol. The zero-order valence-corrected chi connectivity index (χ0v) is 24.4. The van der Waals surface area contributed by atoms with Gasteiger partial charge in [-0.25, -0.2) is 0 Å². The molecular formula is C18H44N4OSi4. The van der Waals surface area contributed by atoms with Gasteiger partial charge < -0.3 is 8.68 Å². The van der Waals surface area contributed by atoms with Crippen LogP contribution >= 0.6 is 0 Å². The van der Waals surface area contributed by atoms with Crippen LogP contribution in [0.1, 0.15) is 20.3 Å². The van der Waals surface area contributed by atoms with E-state index in [0.29, 0.717) is 12.1 Å². The van der Waals surface area contributed by atoms with Gasteiger partial charge in [-0.1, -0.05) is 85.5 Å². The van der Waals surface area contributed by atoms with Gasteiger partial charge >= 0.3 is 0 Å². The van der Waals surface area contributed by atoms with Gasteiger partial charge in [0.05, 0.1) is 5.71 Å². The monoisotopic (exact) mass is 444 g/mol. The molecule has 5 nitrogen and oxygen atoms in total. The number of carbonyl (C=O) groups is 1. The summed E-state index contributed by atoms with van der Waals surface area (Å²) < 4.78 is 4.68. The third-order valence-corrected chi connectivity index (χ3v) is 17.5. The molecule has 9 heteroatoms. The summed E-state index contributed by atoms with van der Waals surface area (Å²) in [6.07, 6.45) is 0.455. The maximum absolute atomic E-state index is 12.8. The van der Waals surface area contributed by atoms with Crippen molar-refractivity contribution in [3.05, 3.63) is 0 Å². The predicted octanol–water partition coefficient (Wildman–Crippen LogP) is 5.64. The number of rotatable bonds is 9. The number of hydrazone groups is 2. The molecule has 0 fully saturated rings. The van der Waals surface area contributed by atoms with Crippen molar-refractivity contribution in [1.82, 2.24) is 8.68 Å². The molecule has 27 heavy (non-hydrogen) atoms. The Morgan fingerprint density at radius 2 is 0.963 bits per heavy atom. The van der Waals surface area contributed by atoms with Crippen molar-refractivity contribution in [3.63, 3.8) is 0 Å². The minimum absolute atomic E-state index is 0.0869. The van der Waals surface area contributed by atoms with Crippen molar-refractivity contribution >= 4 is 50.1 Å². The molecule has 0 rings (SSSR count). The average Bonchev–Trinajstić information content (AvgIpc) is 2.39. The first-order chi connectivity index (χ1) is 11.7. The largest absolute Gasteiger partial charge is 0.350 e. The molecule has 0 aliphatic carbocycles. The number of ketones is 1. The number of hydrogen-bond acceptors (Lipinski definition) is 5. The maximum Gasteiger partial charge on any atom is 0.184 e. The van der Waals surface area contributed by atoms with Crippen LogP contribution in [0.25, 0.3) is 0 Å². The Morgan fingerprint density at radius 3 is 1.22 bits per heavy atom. The van der Waals surface area contributed by atoms with Crippen LogP contribution in [-0.2, 0) is 4.79 Å². The fourth-order valence-corrected chi connectivity index (χ4v) is 21.2. The Hall–Kier alpha value is -0.522. The molecule has 0 unspecified atom stereocenters. The topological polar surface area (TPSA) is 48.3 Å². The molecule has 0 heterocycles. The molecule has 0 bridgehead atoms. The second kappa shape index (κ2) is 8.87. The lowest BCUT2D eigenvalue weighted by atomic mass is 10.1. The number of hydrogen-bond donors (Lipinski definition) is 0. The van der Waals surface area contributed by atoms with Gasteiger partial charge in [0, 0.05) is 6.42 Å². The van der Waals surface area contributed by atoms with Gasteiger partial charge in [0.1, 0.15) is 5.71 Å². The Morgan fingerprint density at radius 1 is 0.667 bits per heavy atom. The van der Waals surface area contributed by atoms with Crippen molar-refractivity contribution in [2.24, 2.45) is 10.2 Å². The molecule has 0 amide bonds. The summed E-state index contributed by atoms with van der Waals surface area (Å²) in [5.41, 5.74) is 1.33. The highest BCUT2D eigenvalue weighted by Crippen LogP contribution is 2.22. The normalized spacial score (nSPS) is 15.0. The number of carbonyl (C=O) groups excluding carboxylic acids is 1. The zero-order valence-electron chi connectivity index (χ0n) is 20.4. The molecule has 0 saturated carbocycles. The summed E-state index contributed by atoms with van der Waals surface area (Å²) in [6, 6.07) is 0. The van der Waals surface area contributed by atoms with Crippen LogP contribution in [0.3, 0.4) is 0 Å². The van der Waals surface area contributed by atoms with Gasteiger partial charge in [0.2, 0.25) is 0 Å². The van der Waals surface area contributed by atoms with Crippen LogP contribution in [0.2, 0.25) is 78.6 Å². The van der Waals surface area contributed by atoms with E-state index in [1.165, 1.54) is 0 Å². The van der Waals surface area contributed by atoms with Crippen LogP contribution in [0.5, 0.6) is 0 Å². The van der Waals surface area contributed by atoms with Crippen molar-refractivity contribution < 1.29 is 4.79 Å². The predicted molar refractivity (Wildman–Crippen MR) is 133 cm³/mol. The van der Waals surface area contributed by atoms with Crippen molar-refractivity contribution in [2.75, 3.05) is 0 Å². The molecule has 0 atom stereocenters. The van der Waals surface area contributed by atoms with E-state index in [-0.39, 0.29) is 5.78 Å². The quantitative estimate of drug-likeness (QED) is 0.262. The number of nitrogens with zero attached hydrogens (tertiary/aromatic N) is 4. The fraction of sp³-hybridized carbons (Fsp3) is 0.833. The summed E-state index contributed by atoms with van der Waals surface area (Å²) in [6.45, 7) is 31.6. The Bertz CT molecular complexity index is 562. The van der Waals surface area contributed by atoms with Crippen molar-refractivity contribution in [3.8, 4) is 0 Å². The first kappa shape index (κ1) is 26.5. The highest BCUT2D eigenvalue weighted by Gasteiger charge is 2.36. The summed E-state index contributed by atoms with van der Waals surface area (Å²) in [5, 5.41) is 10.0. The maximum atomic E-state index is 12.8. The lowest BCUT2D eigenvalue weighted by molar-refractivity contribution is -0.112. The standard InChI is InChI=1S/C18H44N4OSi4/c1-15-17(23)18(20-22(26(9,10)11)27(12,13)14)16(2)19-21(24(3,4)5)25(6,7)8/h15H2,1-14H3/b19-16+,20-18-. The smallest absolute Gasteiger partial charge is 0.184 e. The van der Waals surface area contributed by atoms with E-state index < -0.39 is 32.9 Å². The Labute approximate surface area is 172 Å². The third-order valence-electron chi connectivity index (χ3n) is 3.92. The minimum Gasteiger partial charge on any atom is -0.350 e. The van der Waals surface area contributed by atoms with E-state index in [2.05, 4.69) is 87.2 Å². The molecule has 0 aromatic heterocycles. The second-order valence-electron chi connectivity index (χ2n) is 11.2. The van der Waals surface area contributed by atoms with E-state index in [9.17, 15) is 4.79 Å². The van der Waals surface area contributed by atoms with Crippen molar-refractivity contribution in [2.45, 2.75) is 98.8 Å². The summed E-state index contributed by atoms with van der Waals surface area (Å²) in [5.74, 6) is 0.0869. The first-order valence-corrected chi connectivity index (χ1v) is 23.8. The molecule has 0 saturated heterocycles. The van der Waals surface area contributed by atoms with Crippen LogP contribution in [0.4, 0.5) is 0 Å². The first-order valence-electron chi connectivity index (χ1n) is 10.0. The van der Waals surface area contributed by atoms with E-state index in [1.807, 2.05) is 13.8 Å². The van der Waals surface area contributed by atoms with Crippen LogP contribution in [0.15, 0.2) is 10.2 Å². The van der Waals surface area contributed by atoms with E-state index in [4.69, 9.17) is 10.2 Å². The van der Waals surface area contributed by atoms with Crippen LogP contribution < -0.4 is 0 Å². The Balaban J connectivity index is 6.50. The van der Waals surface area contributed by atoms with Crippen LogP contribution in [-0.4, -0.2) is 58.8 Å². The molecule has 0 radical (unpaired) electrons. The van der Waals surface area contributed by atoms with Gasteiger partial charge in [0.25, 0.3) is 0 Å². The summed E-state index contributed by atoms with van der Waals surface area (Å²) >= 11 is 0. The van der Waals surface area contributed by atoms with E-state index >= 15 is 0 Å². The summed E-state index contributed by atoms with van der Waals surface area (Å²) in [4.78, 5) is 12.8. The summed E-state index contributed by atoms with van der Waals surface area (Å²) in [7, 11) is -6.68. The van der Waals surface area contributed by atoms with Gasteiger partial charge in [0.15, 0.2) is 38.7 Å². The molecule has 0 aromatic rings. The van der Waals surface area contributed by atoms with Gasteiger partial charge in [-0.2, -0.15) is 10.2 Å². The van der Waals surface area contributed by atoms with Crippen LogP contribution in [0, 0.1) is 0 Å². The average molecular weight is 445 g/mol. The molecule has 0 aliphatic rings. The molecule has 0 aliphatic heterocycles.